The lowest BCUT2D eigenvalue weighted by molar-refractivity contribution is 0.102. The molecule has 8 nitrogen and oxygen atoms in total. The molecule has 2 N–H and O–H groups in total. The molecule has 2 aromatic carbocycles. The van der Waals surface area contributed by atoms with Crippen LogP contribution in [0.2, 0.25) is 0 Å². The molecule has 0 spiro atoms. The third-order valence-corrected chi connectivity index (χ3v) is 6.18. The molecule has 0 radical (unpaired) electrons. The summed E-state index contributed by atoms with van der Waals surface area (Å²) in [6, 6.07) is 12.9. The molecule has 1 heterocycles. The summed E-state index contributed by atoms with van der Waals surface area (Å²) >= 11 is 0. The van der Waals surface area contributed by atoms with Gasteiger partial charge in [0.1, 0.15) is 12.4 Å². The van der Waals surface area contributed by atoms with Crippen molar-refractivity contribution in [2.24, 2.45) is 0 Å². The third kappa shape index (κ3) is 7.03. The zero-order valence-electron chi connectivity index (χ0n) is 17.5. The van der Waals surface area contributed by atoms with E-state index in [1.807, 2.05) is 6.92 Å². The minimum Gasteiger partial charge on any atom is -0.491 e. The average molecular weight is 449 g/mol. The second-order valence-corrected chi connectivity index (χ2v) is 8.81. The van der Waals surface area contributed by atoms with Crippen LogP contribution >= 0.6 is 0 Å². The van der Waals surface area contributed by atoms with Crippen molar-refractivity contribution >= 4 is 21.6 Å². The number of anilines is 1. The summed E-state index contributed by atoms with van der Waals surface area (Å²) in [4.78, 5) is 12.7. The van der Waals surface area contributed by atoms with Crippen molar-refractivity contribution in [3.05, 3.63) is 54.1 Å². The van der Waals surface area contributed by atoms with Crippen LogP contribution in [-0.4, -0.2) is 53.4 Å². The maximum atomic E-state index is 12.5. The minimum absolute atomic E-state index is 0.0766. The van der Waals surface area contributed by atoms with Gasteiger partial charge in [0.05, 0.1) is 17.6 Å². The van der Waals surface area contributed by atoms with Gasteiger partial charge in [0.25, 0.3) is 5.91 Å². The highest BCUT2D eigenvalue weighted by atomic mass is 32.2. The van der Waals surface area contributed by atoms with Crippen molar-refractivity contribution in [1.29, 1.82) is 0 Å². The zero-order chi connectivity index (χ0) is 22.1. The molecule has 1 unspecified atom stereocenters. The molecule has 0 aromatic heterocycles. The molecule has 1 aliphatic rings. The Morgan fingerprint density at radius 2 is 1.97 bits per heavy atom. The predicted octanol–water partition coefficient (Wildman–Crippen LogP) is 2.81. The first-order valence-electron chi connectivity index (χ1n) is 10.3. The van der Waals surface area contributed by atoms with Crippen molar-refractivity contribution in [2.45, 2.75) is 30.8 Å². The second-order valence-electron chi connectivity index (χ2n) is 7.04. The van der Waals surface area contributed by atoms with Crippen LogP contribution in [0, 0.1) is 0 Å². The Balaban J connectivity index is 1.56. The lowest BCUT2D eigenvalue weighted by atomic mass is 10.2. The maximum absolute atomic E-state index is 12.5. The normalized spacial score (nSPS) is 16.2. The summed E-state index contributed by atoms with van der Waals surface area (Å²) in [5.41, 5.74) is 0.926. The largest absolute Gasteiger partial charge is 0.491 e. The number of carbonyl (C=O) groups excluding carboxylic acids is 1. The van der Waals surface area contributed by atoms with E-state index in [4.69, 9.17) is 14.2 Å². The third-order valence-electron chi connectivity index (χ3n) is 4.74. The number of rotatable bonds is 11. The van der Waals surface area contributed by atoms with E-state index in [0.29, 0.717) is 43.4 Å². The summed E-state index contributed by atoms with van der Waals surface area (Å²) in [6.07, 6.45) is 1.72. The van der Waals surface area contributed by atoms with E-state index >= 15 is 0 Å². The van der Waals surface area contributed by atoms with Crippen molar-refractivity contribution in [1.82, 2.24) is 4.72 Å². The summed E-state index contributed by atoms with van der Waals surface area (Å²) in [5, 5.41) is 2.76. The van der Waals surface area contributed by atoms with Crippen molar-refractivity contribution in [3.63, 3.8) is 0 Å². The van der Waals surface area contributed by atoms with Crippen LogP contribution in [0.3, 0.4) is 0 Å². The van der Waals surface area contributed by atoms with Crippen LogP contribution in [0.5, 0.6) is 5.75 Å². The van der Waals surface area contributed by atoms with Crippen LogP contribution in [0.25, 0.3) is 0 Å². The van der Waals surface area contributed by atoms with Gasteiger partial charge < -0.3 is 19.5 Å². The van der Waals surface area contributed by atoms with Crippen LogP contribution in [0.15, 0.2) is 53.4 Å². The zero-order valence-corrected chi connectivity index (χ0v) is 18.3. The average Bonchev–Trinajstić information content (AvgIpc) is 3.30. The number of carbonyl (C=O) groups is 1. The number of nitrogens with one attached hydrogen (secondary N) is 2. The molecule has 1 amide bonds. The Bertz CT molecular complexity index is 956. The molecule has 1 saturated heterocycles. The van der Waals surface area contributed by atoms with E-state index in [1.165, 1.54) is 12.1 Å². The Labute approximate surface area is 182 Å². The lowest BCUT2D eigenvalue weighted by Gasteiger charge is -2.12. The Hall–Kier alpha value is -2.46. The topological polar surface area (TPSA) is 103 Å². The van der Waals surface area contributed by atoms with Gasteiger partial charge in [0, 0.05) is 31.0 Å². The molecule has 168 valence electrons. The highest BCUT2D eigenvalue weighted by Gasteiger charge is 2.20. The van der Waals surface area contributed by atoms with Gasteiger partial charge >= 0.3 is 0 Å². The number of hydrogen-bond donors (Lipinski definition) is 2. The molecule has 2 aromatic rings. The fraction of sp³-hybridized carbons (Fsp3) is 0.409. The monoisotopic (exact) mass is 448 g/mol. The van der Waals surface area contributed by atoms with Gasteiger partial charge in [0.15, 0.2) is 0 Å². The number of sulfonamides is 1. The van der Waals surface area contributed by atoms with Crippen LogP contribution in [0.1, 0.15) is 30.1 Å². The fourth-order valence-corrected chi connectivity index (χ4v) is 4.17. The molecule has 0 saturated carbocycles. The van der Waals surface area contributed by atoms with Crippen molar-refractivity contribution < 1.29 is 27.4 Å². The van der Waals surface area contributed by atoms with Gasteiger partial charge in [0.2, 0.25) is 10.0 Å². The fourth-order valence-electron chi connectivity index (χ4n) is 3.10. The highest BCUT2D eigenvalue weighted by Crippen LogP contribution is 2.18. The van der Waals surface area contributed by atoms with E-state index < -0.39 is 10.0 Å². The molecular formula is C22H28N2O6S. The van der Waals surface area contributed by atoms with E-state index in [2.05, 4.69) is 10.0 Å². The Morgan fingerprint density at radius 1 is 1.16 bits per heavy atom. The number of hydrogen-bond acceptors (Lipinski definition) is 6. The van der Waals surface area contributed by atoms with Gasteiger partial charge in [-0.3, -0.25) is 4.79 Å². The van der Waals surface area contributed by atoms with E-state index in [-0.39, 0.29) is 23.5 Å². The van der Waals surface area contributed by atoms with Gasteiger partial charge in [-0.05, 0) is 62.2 Å². The summed E-state index contributed by atoms with van der Waals surface area (Å²) in [5.74, 6) is 0.258. The van der Waals surface area contributed by atoms with E-state index in [0.717, 1.165) is 12.8 Å². The molecule has 3 rings (SSSR count). The predicted molar refractivity (Wildman–Crippen MR) is 117 cm³/mol. The molecule has 1 fully saturated rings. The van der Waals surface area contributed by atoms with E-state index in [9.17, 15) is 13.2 Å². The number of benzene rings is 2. The molecule has 1 aliphatic heterocycles. The van der Waals surface area contributed by atoms with Gasteiger partial charge in [-0.2, -0.15) is 0 Å². The van der Waals surface area contributed by atoms with Crippen LogP contribution in [0.4, 0.5) is 5.69 Å². The lowest BCUT2D eigenvalue weighted by Crippen LogP contribution is -2.31. The summed E-state index contributed by atoms with van der Waals surface area (Å²) < 4.78 is 43.7. The second kappa shape index (κ2) is 11.2. The van der Waals surface area contributed by atoms with Gasteiger partial charge in [-0.15, -0.1) is 0 Å². The molecule has 0 aliphatic carbocycles. The standard InChI is InChI=1S/C22H28N2O6S/c1-2-28-13-14-30-19-6-3-5-17(15-19)22(25)24-18-8-10-21(11-9-18)31(26,27)23-16-20-7-4-12-29-20/h3,5-6,8-11,15,20,23H,2,4,7,12-14,16H2,1H3,(H,24,25). The molecule has 0 bridgehead atoms. The summed E-state index contributed by atoms with van der Waals surface area (Å²) in [7, 11) is -3.63. The van der Waals surface area contributed by atoms with Crippen molar-refractivity contribution in [2.75, 3.05) is 38.3 Å². The number of ether oxygens (including phenoxy) is 3. The minimum atomic E-state index is -3.63. The first-order valence-corrected chi connectivity index (χ1v) is 11.8. The number of amides is 1. The van der Waals surface area contributed by atoms with E-state index in [1.54, 1.807) is 36.4 Å². The van der Waals surface area contributed by atoms with Crippen LogP contribution in [-0.2, 0) is 19.5 Å². The smallest absolute Gasteiger partial charge is 0.255 e. The first kappa shape index (κ1) is 23.2. The maximum Gasteiger partial charge on any atom is 0.255 e. The molecule has 9 heteroatoms. The Morgan fingerprint density at radius 3 is 2.68 bits per heavy atom. The SMILES string of the molecule is CCOCCOc1cccc(C(=O)Nc2ccc(S(=O)(=O)NCC3CCCO3)cc2)c1. The molecule has 1 atom stereocenters. The van der Waals surface area contributed by atoms with Crippen molar-refractivity contribution in [3.8, 4) is 5.75 Å². The molecule has 31 heavy (non-hydrogen) atoms. The van der Waals surface area contributed by atoms with Crippen LogP contribution < -0.4 is 14.8 Å². The summed E-state index contributed by atoms with van der Waals surface area (Å²) in [6.45, 7) is 4.33. The highest BCUT2D eigenvalue weighted by molar-refractivity contribution is 7.89. The Kier molecular flexibility index (Phi) is 8.42. The quantitative estimate of drug-likeness (QED) is 0.513. The van der Waals surface area contributed by atoms with Gasteiger partial charge in [-0.1, -0.05) is 6.07 Å². The first-order chi connectivity index (χ1) is 15.0. The molecular weight excluding hydrogens is 420 g/mol. The van der Waals surface area contributed by atoms with Gasteiger partial charge in [-0.25, -0.2) is 13.1 Å².